The van der Waals surface area contributed by atoms with E-state index in [1.54, 1.807) is 17.6 Å². The van der Waals surface area contributed by atoms with Gasteiger partial charge in [-0.3, -0.25) is 4.79 Å². The topological polar surface area (TPSA) is 63.6 Å². The standard InChI is InChI=1S/C26H25N3O2S/c1-4-20-11-12-21(32-20)16-27-29-26(30)23-15-25(18-7-9-19(10-8-18)31-5-2)28-24-13-6-17(3)14-22(23)24/h6-16H,4-5H2,1-3H3,(H,29,30)/b27-16-. The number of thiophene rings is 1. The first-order valence-corrected chi connectivity index (χ1v) is 11.5. The number of hydrogen-bond acceptors (Lipinski definition) is 5. The number of rotatable bonds is 7. The largest absolute Gasteiger partial charge is 0.494 e. The molecule has 2 heterocycles. The van der Waals surface area contributed by atoms with Gasteiger partial charge < -0.3 is 4.74 Å². The molecule has 32 heavy (non-hydrogen) atoms. The van der Waals surface area contributed by atoms with Crippen LogP contribution < -0.4 is 10.2 Å². The molecule has 1 N–H and O–H groups in total. The highest BCUT2D eigenvalue weighted by molar-refractivity contribution is 7.13. The lowest BCUT2D eigenvalue weighted by atomic mass is 10.0. The third-order valence-electron chi connectivity index (χ3n) is 5.06. The van der Waals surface area contributed by atoms with E-state index in [0.717, 1.165) is 44.8 Å². The van der Waals surface area contributed by atoms with Crippen LogP contribution in [0.3, 0.4) is 0 Å². The highest BCUT2D eigenvalue weighted by Gasteiger charge is 2.14. The second-order valence-corrected chi connectivity index (χ2v) is 8.59. The molecule has 2 aromatic carbocycles. The molecule has 0 bridgehead atoms. The molecule has 0 atom stereocenters. The Morgan fingerprint density at radius 1 is 1.09 bits per heavy atom. The van der Waals surface area contributed by atoms with Gasteiger partial charge in [0.25, 0.3) is 5.91 Å². The van der Waals surface area contributed by atoms with Crippen molar-refractivity contribution < 1.29 is 9.53 Å². The molecule has 6 heteroatoms. The molecule has 0 saturated carbocycles. The zero-order valence-corrected chi connectivity index (χ0v) is 19.2. The van der Waals surface area contributed by atoms with E-state index in [2.05, 4.69) is 23.5 Å². The Morgan fingerprint density at radius 3 is 2.62 bits per heavy atom. The number of fused-ring (bicyclic) bond motifs is 1. The number of carbonyl (C=O) groups is 1. The SMILES string of the molecule is CCOc1ccc(-c2cc(C(=O)N/N=C\c3ccc(CC)s3)c3cc(C)ccc3n2)cc1. The number of hydrogen-bond donors (Lipinski definition) is 1. The fourth-order valence-corrected chi connectivity index (χ4v) is 4.26. The van der Waals surface area contributed by atoms with Crippen molar-refractivity contribution in [3.8, 4) is 17.0 Å². The van der Waals surface area contributed by atoms with Crippen LogP contribution in [0.25, 0.3) is 22.2 Å². The Bertz CT molecular complexity index is 1280. The lowest BCUT2D eigenvalue weighted by molar-refractivity contribution is 0.0956. The number of aryl methyl sites for hydroxylation is 2. The molecular weight excluding hydrogens is 418 g/mol. The monoisotopic (exact) mass is 443 g/mol. The fourth-order valence-electron chi connectivity index (χ4n) is 3.43. The van der Waals surface area contributed by atoms with E-state index in [9.17, 15) is 4.79 Å². The maximum atomic E-state index is 13.1. The predicted octanol–water partition coefficient (Wildman–Crippen LogP) is 6.00. The molecule has 162 valence electrons. The van der Waals surface area contributed by atoms with Crippen molar-refractivity contribution in [3.05, 3.63) is 81.5 Å². The quantitative estimate of drug-likeness (QED) is 0.282. The zero-order valence-electron chi connectivity index (χ0n) is 18.4. The van der Waals surface area contributed by atoms with E-state index in [4.69, 9.17) is 9.72 Å². The summed E-state index contributed by atoms with van der Waals surface area (Å²) in [6.45, 7) is 6.69. The van der Waals surface area contributed by atoms with Crippen molar-refractivity contribution in [1.82, 2.24) is 10.4 Å². The number of nitrogens with zero attached hydrogens (tertiary/aromatic N) is 2. The molecule has 0 fully saturated rings. The first-order valence-electron chi connectivity index (χ1n) is 10.6. The smallest absolute Gasteiger partial charge is 0.272 e. The van der Waals surface area contributed by atoms with Crippen LogP contribution in [0.1, 0.15) is 39.5 Å². The second kappa shape index (κ2) is 9.75. The molecule has 4 rings (SSSR count). The first-order chi connectivity index (χ1) is 15.6. The number of amides is 1. The summed E-state index contributed by atoms with van der Waals surface area (Å²) in [7, 11) is 0. The van der Waals surface area contributed by atoms with Gasteiger partial charge in [0, 0.05) is 20.7 Å². The van der Waals surface area contributed by atoms with Crippen LogP contribution in [0.15, 0.2) is 65.8 Å². The molecule has 0 saturated heterocycles. The molecular formula is C26H25N3O2S. The van der Waals surface area contributed by atoms with Gasteiger partial charge in [0.1, 0.15) is 5.75 Å². The molecule has 0 aliphatic carbocycles. The van der Waals surface area contributed by atoms with Crippen LogP contribution in [-0.2, 0) is 6.42 Å². The van der Waals surface area contributed by atoms with E-state index in [1.165, 1.54) is 4.88 Å². The van der Waals surface area contributed by atoms with E-state index in [-0.39, 0.29) is 5.91 Å². The third kappa shape index (κ3) is 4.86. The minimum atomic E-state index is -0.265. The third-order valence-corrected chi connectivity index (χ3v) is 6.22. The number of benzene rings is 2. The van der Waals surface area contributed by atoms with Crippen LogP contribution >= 0.6 is 11.3 Å². The van der Waals surface area contributed by atoms with Gasteiger partial charge in [-0.25, -0.2) is 10.4 Å². The van der Waals surface area contributed by atoms with Gasteiger partial charge in [-0.1, -0.05) is 18.6 Å². The van der Waals surface area contributed by atoms with E-state index in [1.807, 2.05) is 68.4 Å². The van der Waals surface area contributed by atoms with Crippen molar-refractivity contribution in [1.29, 1.82) is 0 Å². The van der Waals surface area contributed by atoms with Crippen LogP contribution in [-0.4, -0.2) is 23.7 Å². The van der Waals surface area contributed by atoms with Gasteiger partial charge in [-0.15, -0.1) is 11.3 Å². The highest BCUT2D eigenvalue weighted by Crippen LogP contribution is 2.27. The average molecular weight is 444 g/mol. The number of ether oxygens (including phenoxy) is 1. The van der Waals surface area contributed by atoms with Crippen molar-refractivity contribution in [2.45, 2.75) is 27.2 Å². The summed E-state index contributed by atoms with van der Waals surface area (Å²) in [6.07, 6.45) is 2.67. The molecule has 0 aliphatic heterocycles. The molecule has 0 aliphatic rings. The first kappa shape index (κ1) is 21.7. The van der Waals surface area contributed by atoms with Gasteiger partial charge in [-0.2, -0.15) is 5.10 Å². The maximum absolute atomic E-state index is 13.1. The normalized spacial score (nSPS) is 11.2. The fraction of sp³-hybridized carbons (Fsp3) is 0.192. The molecule has 5 nitrogen and oxygen atoms in total. The Balaban J connectivity index is 1.66. The minimum Gasteiger partial charge on any atom is -0.494 e. The summed E-state index contributed by atoms with van der Waals surface area (Å²) in [5, 5.41) is 4.98. The lowest BCUT2D eigenvalue weighted by Gasteiger charge is -2.10. The summed E-state index contributed by atoms with van der Waals surface area (Å²) in [5.41, 5.74) is 6.70. The summed E-state index contributed by atoms with van der Waals surface area (Å²) in [5.74, 6) is 0.540. The number of hydrazone groups is 1. The molecule has 0 unspecified atom stereocenters. The number of aromatic nitrogens is 1. The van der Waals surface area contributed by atoms with Crippen molar-refractivity contribution in [2.24, 2.45) is 5.10 Å². The van der Waals surface area contributed by atoms with E-state index in [0.29, 0.717) is 12.2 Å². The summed E-state index contributed by atoms with van der Waals surface area (Å²) in [6, 6.07) is 19.6. The second-order valence-electron chi connectivity index (χ2n) is 7.39. The van der Waals surface area contributed by atoms with Crippen LogP contribution in [0, 0.1) is 6.92 Å². The maximum Gasteiger partial charge on any atom is 0.272 e. The van der Waals surface area contributed by atoms with Crippen LogP contribution in [0.4, 0.5) is 0 Å². The van der Waals surface area contributed by atoms with E-state index < -0.39 is 0 Å². The molecule has 4 aromatic rings. The van der Waals surface area contributed by atoms with Crippen molar-refractivity contribution in [3.63, 3.8) is 0 Å². The minimum absolute atomic E-state index is 0.265. The molecule has 1 amide bonds. The van der Waals surface area contributed by atoms with E-state index >= 15 is 0 Å². The van der Waals surface area contributed by atoms with Crippen LogP contribution in [0.2, 0.25) is 0 Å². The Labute approximate surface area is 191 Å². The van der Waals surface area contributed by atoms with Crippen molar-refractivity contribution in [2.75, 3.05) is 6.61 Å². The van der Waals surface area contributed by atoms with Crippen LogP contribution in [0.5, 0.6) is 5.75 Å². The Morgan fingerprint density at radius 2 is 1.91 bits per heavy atom. The van der Waals surface area contributed by atoms with Gasteiger partial charge in [0.05, 0.1) is 29.6 Å². The predicted molar refractivity (Wildman–Crippen MR) is 132 cm³/mol. The zero-order chi connectivity index (χ0) is 22.5. The van der Waals surface area contributed by atoms with Gasteiger partial charge in [0.2, 0.25) is 0 Å². The lowest BCUT2D eigenvalue weighted by Crippen LogP contribution is -2.18. The summed E-state index contributed by atoms with van der Waals surface area (Å²) >= 11 is 1.67. The highest BCUT2D eigenvalue weighted by atomic mass is 32.1. The molecule has 0 radical (unpaired) electrons. The number of pyridine rings is 1. The van der Waals surface area contributed by atoms with Gasteiger partial charge in [0.15, 0.2) is 0 Å². The number of carbonyl (C=O) groups excluding carboxylic acids is 1. The summed E-state index contributed by atoms with van der Waals surface area (Å²) in [4.78, 5) is 20.2. The summed E-state index contributed by atoms with van der Waals surface area (Å²) < 4.78 is 5.53. The number of nitrogens with one attached hydrogen (secondary N) is 1. The molecule has 0 spiro atoms. The Kier molecular flexibility index (Phi) is 6.61. The van der Waals surface area contributed by atoms with Gasteiger partial charge in [-0.05, 0) is 74.9 Å². The molecule has 2 aromatic heterocycles. The van der Waals surface area contributed by atoms with Gasteiger partial charge >= 0.3 is 0 Å². The average Bonchev–Trinajstić information content (AvgIpc) is 3.27. The van der Waals surface area contributed by atoms with Crippen molar-refractivity contribution >= 4 is 34.4 Å². The Hall–Kier alpha value is -3.51.